The largest absolute Gasteiger partial charge is 0.336 e. The predicted molar refractivity (Wildman–Crippen MR) is 108 cm³/mol. The lowest BCUT2D eigenvalue weighted by molar-refractivity contribution is 0.0779. The molecule has 0 aliphatic rings. The normalized spacial score (nSPS) is 10.8. The highest BCUT2D eigenvalue weighted by Crippen LogP contribution is 2.21. The highest BCUT2D eigenvalue weighted by atomic mass is 35.5. The zero-order chi connectivity index (χ0) is 19.5. The Morgan fingerprint density at radius 3 is 2.64 bits per heavy atom. The van der Waals surface area contributed by atoms with E-state index >= 15 is 0 Å². The molecular weight excluding hydrogens is 374 g/mol. The summed E-state index contributed by atoms with van der Waals surface area (Å²) in [6.07, 6.45) is 3.69. The van der Waals surface area contributed by atoms with Crippen LogP contribution in [-0.2, 0) is 6.54 Å². The SMILES string of the molecule is CN(Cc1cnn(-c2ccccc2)c1)C(=O)c1cc(-c2ccc(Cl)cc2)n[nH]1. The van der Waals surface area contributed by atoms with Crippen molar-refractivity contribution >= 4 is 17.5 Å². The van der Waals surface area contributed by atoms with Crippen LogP contribution in [0.15, 0.2) is 73.1 Å². The standard InChI is InChI=1S/C21H18ClN5O/c1-26(13-15-12-23-27(14-15)18-5-3-2-4-6-18)21(28)20-11-19(24-25-20)16-7-9-17(22)10-8-16/h2-12,14H,13H2,1H3,(H,24,25). The van der Waals surface area contributed by atoms with E-state index in [9.17, 15) is 4.79 Å². The zero-order valence-corrected chi connectivity index (χ0v) is 16.0. The lowest BCUT2D eigenvalue weighted by Crippen LogP contribution is -2.26. The summed E-state index contributed by atoms with van der Waals surface area (Å²) in [6.45, 7) is 0.445. The molecule has 0 atom stereocenters. The number of rotatable bonds is 5. The number of carbonyl (C=O) groups is 1. The van der Waals surface area contributed by atoms with Crippen molar-refractivity contribution < 1.29 is 4.79 Å². The van der Waals surface area contributed by atoms with E-state index in [-0.39, 0.29) is 5.91 Å². The molecule has 0 bridgehead atoms. The van der Waals surface area contributed by atoms with Gasteiger partial charge in [0, 0.05) is 35.9 Å². The number of para-hydroxylation sites is 1. The van der Waals surface area contributed by atoms with Gasteiger partial charge >= 0.3 is 0 Å². The summed E-state index contributed by atoms with van der Waals surface area (Å²) in [5, 5.41) is 12.1. The predicted octanol–water partition coefficient (Wildman–Crippen LogP) is 4.19. The van der Waals surface area contributed by atoms with Gasteiger partial charge < -0.3 is 4.90 Å². The summed E-state index contributed by atoms with van der Waals surface area (Å²) in [4.78, 5) is 14.4. The lowest BCUT2D eigenvalue weighted by Gasteiger charge is -2.14. The Morgan fingerprint density at radius 2 is 1.89 bits per heavy atom. The van der Waals surface area contributed by atoms with Crippen LogP contribution < -0.4 is 0 Å². The number of H-pyrrole nitrogens is 1. The molecule has 2 aromatic carbocycles. The number of aromatic amines is 1. The van der Waals surface area contributed by atoms with Crippen LogP contribution in [0.3, 0.4) is 0 Å². The molecule has 4 rings (SSSR count). The van der Waals surface area contributed by atoms with Crippen molar-refractivity contribution in [3.63, 3.8) is 0 Å². The average molecular weight is 392 g/mol. The van der Waals surface area contributed by atoms with Gasteiger partial charge in [-0.25, -0.2) is 4.68 Å². The third-order valence-electron chi connectivity index (χ3n) is 4.37. The van der Waals surface area contributed by atoms with Crippen molar-refractivity contribution in [1.29, 1.82) is 0 Å². The number of hydrogen-bond acceptors (Lipinski definition) is 3. The molecule has 0 aliphatic heterocycles. The van der Waals surface area contributed by atoms with Crippen LogP contribution >= 0.6 is 11.6 Å². The molecule has 0 aliphatic carbocycles. The first-order chi connectivity index (χ1) is 13.6. The van der Waals surface area contributed by atoms with E-state index in [1.165, 1.54) is 0 Å². The first-order valence-electron chi connectivity index (χ1n) is 8.76. The monoisotopic (exact) mass is 391 g/mol. The molecule has 140 valence electrons. The Hall–Kier alpha value is -3.38. The minimum Gasteiger partial charge on any atom is -0.336 e. The maximum Gasteiger partial charge on any atom is 0.271 e. The number of nitrogens with one attached hydrogen (secondary N) is 1. The summed E-state index contributed by atoms with van der Waals surface area (Å²) in [7, 11) is 1.75. The van der Waals surface area contributed by atoms with E-state index in [4.69, 9.17) is 11.6 Å². The molecule has 6 nitrogen and oxygen atoms in total. The Balaban J connectivity index is 1.45. The van der Waals surface area contributed by atoms with E-state index in [1.807, 2.05) is 48.7 Å². The second kappa shape index (κ2) is 7.70. The van der Waals surface area contributed by atoms with Gasteiger partial charge in [-0.05, 0) is 30.3 Å². The average Bonchev–Trinajstić information content (AvgIpc) is 3.39. The van der Waals surface area contributed by atoms with Gasteiger partial charge in [0.1, 0.15) is 5.69 Å². The molecule has 1 amide bonds. The highest BCUT2D eigenvalue weighted by Gasteiger charge is 2.16. The summed E-state index contributed by atoms with van der Waals surface area (Å²) in [6, 6.07) is 18.9. The van der Waals surface area contributed by atoms with Crippen LogP contribution in [0, 0.1) is 0 Å². The smallest absolute Gasteiger partial charge is 0.271 e. The Labute approximate surface area is 167 Å². The Kier molecular flexibility index (Phi) is 4.95. The quantitative estimate of drug-likeness (QED) is 0.554. The van der Waals surface area contributed by atoms with Crippen molar-refractivity contribution in [3.05, 3.63) is 89.3 Å². The first-order valence-corrected chi connectivity index (χ1v) is 9.14. The number of amides is 1. The van der Waals surface area contributed by atoms with E-state index in [2.05, 4.69) is 15.3 Å². The van der Waals surface area contributed by atoms with Crippen molar-refractivity contribution in [2.75, 3.05) is 7.05 Å². The number of nitrogens with zero attached hydrogens (tertiary/aromatic N) is 4. The van der Waals surface area contributed by atoms with Gasteiger partial charge in [-0.1, -0.05) is 41.9 Å². The van der Waals surface area contributed by atoms with Gasteiger partial charge in [0.15, 0.2) is 0 Å². The van der Waals surface area contributed by atoms with Crippen LogP contribution in [-0.4, -0.2) is 37.8 Å². The van der Waals surface area contributed by atoms with Crippen molar-refractivity contribution in [2.45, 2.75) is 6.54 Å². The van der Waals surface area contributed by atoms with Crippen molar-refractivity contribution in [3.8, 4) is 16.9 Å². The molecule has 1 N–H and O–H groups in total. The van der Waals surface area contributed by atoms with Gasteiger partial charge in [-0.15, -0.1) is 0 Å². The number of hydrogen-bond donors (Lipinski definition) is 1. The van der Waals surface area contributed by atoms with Gasteiger partial charge in [0.05, 0.1) is 17.6 Å². The fourth-order valence-electron chi connectivity index (χ4n) is 2.91. The topological polar surface area (TPSA) is 66.8 Å². The van der Waals surface area contributed by atoms with E-state index in [0.717, 1.165) is 16.8 Å². The summed E-state index contributed by atoms with van der Waals surface area (Å²) in [5.74, 6) is -0.139. The van der Waals surface area contributed by atoms with Crippen molar-refractivity contribution in [1.82, 2.24) is 24.9 Å². The third kappa shape index (κ3) is 3.82. The number of aromatic nitrogens is 4. The number of benzene rings is 2. The van der Waals surface area contributed by atoms with E-state index in [1.54, 1.807) is 41.0 Å². The first kappa shape index (κ1) is 18.0. The minimum atomic E-state index is -0.139. The van der Waals surface area contributed by atoms with E-state index in [0.29, 0.717) is 23.0 Å². The molecule has 0 unspecified atom stereocenters. The lowest BCUT2D eigenvalue weighted by atomic mass is 10.1. The van der Waals surface area contributed by atoms with Crippen LogP contribution in [0.4, 0.5) is 0 Å². The molecule has 2 heterocycles. The third-order valence-corrected chi connectivity index (χ3v) is 4.62. The molecule has 2 aromatic heterocycles. The second-order valence-corrected chi connectivity index (χ2v) is 6.90. The number of halogens is 1. The minimum absolute atomic E-state index is 0.139. The fourth-order valence-corrected chi connectivity index (χ4v) is 3.04. The fraction of sp³-hybridized carbons (Fsp3) is 0.0952. The molecule has 0 fully saturated rings. The second-order valence-electron chi connectivity index (χ2n) is 6.46. The van der Waals surface area contributed by atoms with E-state index < -0.39 is 0 Å². The Bertz CT molecular complexity index is 1090. The molecular formula is C21H18ClN5O. The molecule has 7 heteroatoms. The van der Waals surface area contributed by atoms with Crippen LogP contribution in [0.5, 0.6) is 0 Å². The summed E-state index contributed by atoms with van der Waals surface area (Å²) >= 11 is 5.92. The molecule has 0 saturated heterocycles. The van der Waals surface area contributed by atoms with Crippen LogP contribution in [0.1, 0.15) is 16.1 Å². The van der Waals surface area contributed by atoms with Gasteiger partial charge in [-0.3, -0.25) is 9.89 Å². The maximum absolute atomic E-state index is 12.7. The van der Waals surface area contributed by atoms with Gasteiger partial charge in [0.2, 0.25) is 0 Å². The van der Waals surface area contributed by atoms with Crippen molar-refractivity contribution in [2.24, 2.45) is 0 Å². The maximum atomic E-state index is 12.7. The molecule has 0 saturated carbocycles. The summed E-state index contributed by atoms with van der Waals surface area (Å²) < 4.78 is 1.79. The highest BCUT2D eigenvalue weighted by molar-refractivity contribution is 6.30. The molecule has 0 radical (unpaired) electrons. The zero-order valence-electron chi connectivity index (χ0n) is 15.2. The molecule has 0 spiro atoms. The van der Waals surface area contributed by atoms with Gasteiger partial charge in [-0.2, -0.15) is 10.2 Å². The molecule has 28 heavy (non-hydrogen) atoms. The van der Waals surface area contributed by atoms with Crippen LogP contribution in [0.2, 0.25) is 5.02 Å². The summed E-state index contributed by atoms with van der Waals surface area (Å²) in [5.41, 5.74) is 3.95. The molecule has 4 aromatic rings. The van der Waals surface area contributed by atoms with Crippen LogP contribution in [0.25, 0.3) is 16.9 Å². The Morgan fingerprint density at radius 1 is 1.14 bits per heavy atom. The van der Waals surface area contributed by atoms with Gasteiger partial charge in [0.25, 0.3) is 5.91 Å². The number of carbonyl (C=O) groups excluding carboxylic acids is 1.